The van der Waals surface area contributed by atoms with Crippen LogP contribution in [-0.2, 0) is 35.4 Å². The van der Waals surface area contributed by atoms with Crippen molar-refractivity contribution in [1.82, 2.24) is 0 Å². The Morgan fingerprint density at radius 3 is 2.76 bits per heavy atom. The number of carbonyl (C=O) groups is 1. The molecule has 0 aliphatic heterocycles. The zero-order chi connectivity index (χ0) is 20.4. The smallest absolute Gasteiger partial charge is 0.344 e. The van der Waals surface area contributed by atoms with E-state index >= 15 is 0 Å². The van der Waals surface area contributed by atoms with Crippen LogP contribution in [0.2, 0.25) is 0 Å². The number of hydrogen-bond acceptors (Lipinski definition) is 6. The van der Waals surface area contributed by atoms with E-state index < -0.39 is 11.6 Å². The molecule has 0 saturated heterocycles. The molecule has 6 nitrogen and oxygen atoms in total. The molecule has 0 atom stereocenters. The summed E-state index contributed by atoms with van der Waals surface area (Å²) in [7, 11) is 0. The second kappa shape index (κ2) is 7.99. The summed E-state index contributed by atoms with van der Waals surface area (Å²) in [4.78, 5) is 23.9. The number of aromatic hydroxyl groups is 1. The number of hydrogen-bond donors (Lipinski definition) is 1. The molecule has 0 bridgehead atoms. The van der Waals surface area contributed by atoms with Gasteiger partial charge in [0.2, 0.25) is 0 Å². The molecule has 29 heavy (non-hydrogen) atoms. The largest absolute Gasteiger partial charge is 0.508 e. The zero-order valence-electron chi connectivity index (χ0n) is 16.2. The van der Waals surface area contributed by atoms with Crippen molar-refractivity contribution in [2.45, 2.75) is 39.2 Å². The van der Waals surface area contributed by atoms with E-state index in [1.54, 1.807) is 6.07 Å². The number of phenolic OH excluding ortho intramolecular Hbond substituents is 1. The van der Waals surface area contributed by atoms with Crippen LogP contribution in [0.1, 0.15) is 35.6 Å². The summed E-state index contributed by atoms with van der Waals surface area (Å²) >= 11 is 0. The van der Waals surface area contributed by atoms with E-state index in [0.717, 1.165) is 24.8 Å². The third-order valence-electron chi connectivity index (χ3n) is 5.23. The van der Waals surface area contributed by atoms with Gasteiger partial charge in [0.1, 0.15) is 23.7 Å². The highest BCUT2D eigenvalue weighted by Gasteiger charge is 2.14. The second-order valence-corrected chi connectivity index (χ2v) is 7.15. The fourth-order valence-electron chi connectivity index (χ4n) is 3.69. The number of phenols is 1. The van der Waals surface area contributed by atoms with Crippen LogP contribution in [0.4, 0.5) is 0 Å². The van der Waals surface area contributed by atoms with E-state index in [2.05, 4.69) is 0 Å². The first-order valence-corrected chi connectivity index (χ1v) is 9.72. The van der Waals surface area contributed by atoms with Crippen molar-refractivity contribution < 1.29 is 23.8 Å². The minimum absolute atomic E-state index is 0.0695. The van der Waals surface area contributed by atoms with Crippen molar-refractivity contribution in [1.29, 1.82) is 0 Å². The van der Waals surface area contributed by atoms with Gasteiger partial charge in [-0.3, -0.25) is 0 Å². The number of ether oxygens (including phenoxy) is 2. The lowest BCUT2D eigenvalue weighted by atomic mass is 10.0. The molecule has 0 fully saturated rings. The van der Waals surface area contributed by atoms with Crippen LogP contribution >= 0.6 is 0 Å². The third-order valence-corrected chi connectivity index (χ3v) is 5.23. The molecule has 1 aromatic heterocycles. The highest BCUT2D eigenvalue weighted by molar-refractivity contribution is 5.83. The van der Waals surface area contributed by atoms with E-state index in [1.807, 2.05) is 25.1 Å². The van der Waals surface area contributed by atoms with Crippen molar-refractivity contribution in [2.24, 2.45) is 0 Å². The van der Waals surface area contributed by atoms with Crippen LogP contribution in [0.3, 0.4) is 0 Å². The first-order chi connectivity index (χ1) is 14.0. The van der Waals surface area contributed by atoms with Gasteiger partial charge in [0, 0.05) is 23.1 Å². The summed E-state index contributed by atoms with van der Waals surface area (Å²) < 4.78 is 16.0. The number of carbonyl (C=O) groups excluding carboxylic acids is 1. The monoisotopic (exact) mass is 394 g/mol. The Morgan fingerprint density at radius 2 is 1.93 bits per heavy atom. The average molecular weight is 394 g/mol. The summed E-state index contributed by atoms with van der Waals surface area (Å²) in [5, 5.41) is 10.6. The predicted octanol–water partition coefficient (Wildman–Crippen LogP) is 3.67. The molecule has 1 heterocycles. The van der Waals surface area contributed by atoms with Crippen molar-refractivity contribution >= 4 is 16.9 Å². The summed E-state index contributed by atoms with van der Waals surface area (Å²) in [5.74, 6) is 0.192. The number of benzene rings is 2. The van der Waals surface area contributed by atoms with Crippen LogP contribution in [0, 0.1) is 0 Å². The van der Waals surface area contributed by atoms with Gasteiger partial charge < -0.3 is 19.0 Å². The number of aryl methyl sites for hydroxylation is 3. The molecular weight excluding hydrogens is 372 g/mol. The standard InChI is InChI=1S/C23H22O6/c1-2-14-9-19-17(10-22(25)29-21(19)11-20(14)24)12-28-23(26)13-27-18-7-6-15-4-3-5-16(15)8-18/h6-11,24H,2-5,12-13H2,1H3. The van der Waals surface area contributed by atoms with Gasteiger partial charge in [-0.1, -0.05) is 13.0 Å². The lowest BCUT2D eigenvalue weighted by Gasteiger charge is -2.10. The van der Waals surface area contributed by atoms with Gasteiger partial charge in [-0.25, -0.2) is 9.59 Å². The molecule has 0 spiro atoms. The summed E-state index contributed by atoms with van der Waals surface area (Å²) in [6, 6.07) is 10.3. The van der Waals surface area contributed by atoms with Crippen molar-refractivity contribution in [3.8, 4) is 11.5 Å². The molecule has 0 saturated carbocycles. The fourth-order valence-corrected chi connectivity index (χ4v) is 3.69. The van der Waals surface area contributed by atoms with Crippen LogP contribution in [0.25, 0.3) is 11.0 Å². The number of esters is 1. The van der Waals surface area contributed by atoms with Gasteiger partial charge in [-0.15, -0.1) is 0 Å². The Morgan fingerprint density at radius 1 is 1.10 bits per heavy atom. The van der Waals surface area contributed by atoms with Gasteiger partial charge in [-0.2, -0.15) is 0 Å². The minimum Gasteiger partial charge on any atom is -0.508 e. The molecule has 6 heteroatoms. The summed E-state index contributed by atoms with van der Waals surface area (Å²) in [6.07, 6.45) is 3.90. The van der Waals surface area contributed by atoms with Crippen LogP contribution in [0.15, 0.2) is 45.6 Å². The Bertz CT molecular complexity index is 1130. The second-order valence-electron chi connectivity index (χ2n) is 7.15. The zero-order valence-corrected chi connectivity index (χ0v) is 16.2. The van der Waals surface area contributed by atoms with E-state index in [-0.39, 0.29) is 24.5 Å². The maximum atomic E-state index is 12.1. The number of fused-ring (bicyclic) bond motifs is 2. The quantitative estimate of drug-likeness (QED) is 0.507. The number of rotatable bonds is 6. The Balaban J connectivity index is 1.43. The van der Waals surface area contributed by atoms with E-state index in [0.29, 0.717) is 23.1 Å². The molecule has 150 valence electrons. The minimum atomic E-state index is -0.568. The Kier molecular flexibility index (Phi) is 5.25. The lowest BCUT2D eigenvalue weighted by Crippen LogP contribution is -2.15. The molecule has 3 aromatic rings. The van der Waals surface area contributed by atoms with Crippen molar-refractivity contribution in [3.63, 3.8) is 0 Å². The van der Waals surface area contributed by atoms with Crippen molar-refractivity contribution in [3.05, 3.63) is 69.1 Å². The Hall–Kier alpha value is -3.28. The average Bonchev–Trinajstić information content (AvgIpc) is 3.17. The molecule has 0 unspecified atom stereocenters. The SMILES string of the molecule is CCc1cc2c(COC(=O)COc3ccc4c(c3)CCC4)cc(=O)oc2cc1O. The molecule has 1 N–H and O–H groups in total. The lowest BCUT2D eigenvalue weighted by molar-refractivity contribution is -0.147. The van der Waals surface area contributed by atoms with Crippen molar-refractivity contribution in [2.75, 3.05) is 6.61 Å². The summed E-state index contributed by atoms with van der Waals surface area (Å²) in [6.45, 7) is 1.62. The highest BCUT2D eigenvalue weighted by atomic mass is 16.6. The van der Waals surface area contributed by atoms with Gasteiger partial charge in [0.25, 0.3) is 0 Å². The van der Waals surface area contributed by atoms with Crippen LogP contribution in [0.5, 0.6) is 11.5 Å². The van der Waals surface area contributed by atoms with Gasteiger partial charge >= 0.3 is 11.6 Å². The highest BCUT2D eigenvalue weighted by Crippen LogP contribution is 2.28. The summed E-state index contributed by atoms with van der Waals surface area (Å²) in [5.41, 5.74) is 3.55. The van der Waals surface area contributed by atoms with Gasteiger partial charge in [0.15, 0.2) is 6.61 Å². The van der Waals surface area contributed by atoms with E-state index in [9.17, 15) is 14.7 Å². The molecule has 1 aliphatic rings. The third kappa shape index (κ3) is 4.11. The molecule has 1 aliphatic carbocycles. The van der Waals surface area contributed by atoms with Crippen LogP contribution < -0.4 is 10.4 Å². The molecule has 2 aromatic carbocycles. The predicted molar refractivity (Wildman–Crippen MR) is 107 cm³/mol. The maximum absolute atomic E-state index is 12.1. The maximum Gasteiger partial charge on any atom is 0.344 e. The molecular formula is C23H22O6. The first kappa shape index (κ1) is 19.1. The van der Waals surface area contributed by atoms with Crippen LogP contribution in [-0.4, -0.2) is 17.7 Å². The molecule has 4 rings (SSSR count). The van der Waals surface area contributed by atoms with Gasteiger partial charge in [-0.05, 0) is 60.6 Å². The first-order valence-electron chi connectivity index (χ1n) is 9.72. The van der Waals surface area contributed by atoms with E-state index in [4.69, 9.17) is 13.9 Å². The van der Waals surface area contributed by atoms with E-state index in [1.165, 1.54) is 23.3 Å². The Labute approximate surface area is 167 Å². The molecule has 0 amide bonds. The molecule has 0 radical (unpaired) electrons. The normalized spacial score (nSPS) is 12.7. The fraction of sp³-hybridized carbons (Fsp3) is 0.304. The topological polar surface area (TPSA) is 86.0 Å². The van der Waals surface area contributed by atoms with Gasteiger partial charge in [0.05, 0.1) is 0 Å².